The van der Waals surface area contributed by atoms with E-state index in [2.05, 4.69) is 15.2 Å². The maximum atomic E-state index is 6.23. The molecule has 5 nitrogen and oxygen atoms in total. The second-order valence-corrected chi connectivity index (χ2v) is 7.37. The maximum Gasteiger partial charge on any atom is 0.277 e. The van der Waals surface area contributed by atoms with Crippen LogP contribution in [0.2, 0.25) is 5.02 Å². The zero-order valence-corrected chi connectivity index (χ0v) is 15.5. The lowest BCUT2D eigenvalue weighted by atomic mass is 10.2. The number of rotatable bonds is 5. The van der Waals surface area contributed by atoms with E-state index in [0.29, 0.717) is 21.9 Å². The molecule has 0 amide bonds. The molecule has 0 unspecified atom stereocenters. The Kier molecular flexibility index (Phi) is 4.61. The van der Waals surface area contributed by atoms with Crippen molar-refractivity contribution in [2.24, 2.45) is 0 Å². The molecule has 0 N–H and O–H groups in total. The van der Waals surface area contributed by atoms with E-state index in [1.54, 1.807) is 17.6 Å². The van der Waals surface area contributed by atoms with Gasteiger partial charge < -0.3 is 8.83 Å². The predicted molar refractivity (Wildman–Crippen MR) is 98.9 cm³/mol. The van der Waals surface area contributed by atoms with Crippen molar-refractivity contribution in [1.82, 2.24) is 15.2 Å². The summed E-state index contributed by atoms with van der Waals surface area (Å²) in [5, 5.41) is 12.3. The Hall–Kier alpha value is -2.09. The molecule has 0 radical (unpaired) electrons. The lowest BCUT2D eigenvalue weighted by molar-refractivity contribution is 0.463. The SMILES string of the molecule is Cc1occc1-c1nnc(SCc2csc(-c3ccccc3Cl)n2)o1. The third-order valence-electron chi connectivity index (χ3n) is 3.50. The minimum absolute atomic E-state index is 0.462. The van der Waals surface area contributed by atoms with E-state index in [1.807, 2.05) is 42.6 Å². The van der Waals surface area contributed by atoms with Gasteiger partial charge in [0.2, 0.25) is 0 Å². The number of thiazole rings is 1. The van der Waals surface area contributed by atoms with Gasteiger partial charge in [-0.3, -0.25) is 0 Å². The molecule has 0 aliphatic rings. The van der Waals surface area contributed by atoms with Crippen molar-refractivity contribution in [2.75, 3.05) is 0 Å². The van der Waals surface area contributed by atoms with Crippen LogP contribution in [0.1, 0.15) is 11.5 Å². The molecule has 126 valence electrons. The third-order valence-corrected chi connectivity index (χ3v) is 5.60. The van der Waals surface area contributed by atoms with Gasteiger partial charge in [0.05, 0.1) is 22.5 Å². The van der Waals surface area contributed by atoms with Crippen molar-refractivity contribution < 1.29 is 8.83 Å². The normalized spacial score (nSPS) is 11.1. The summed E-state index contributed by atoms with van der Waals surface area (Å²) >= 11 is 9.25. The molecule has 0 aliphatic heterocycles. The zero-order valence-electron chi connectivity index (χ0n) is 13.1. The first-order valence-corrected chi connectivity index (χ1v) is 9.65. The van der Waals surface area contributed by atoms with Crippen molar-refractivity contribution >= 4 is 34.7 Å². The number of hydrogen-bond donors (Lipinski definition) is 0. The minimum Gasteiger partial charge on any atom is -0.469 e. The fourth-order valence-electron chi connectivity index (χ4n) is 2.25. The minimum atomic E-state index is 0.462. The summed E-state index contributed by atoms with van der Waals surface area (Å²) in [6.45, 7) is 1.86. The van der Waals surface area contributed by atoms with E-state index in [1.165, 1.54) is 11.8 Å². The fraction of sp³-hybridized carbons (Fsp3) is 0.118. The Morgan fingerprint density at radius 3 is 2.84 bits per heavy atom. The van der Waals surface area contributed by atoms with Gasteiger partial charge in [0.25, 0.3) is 11.1 Å². The van der Waals surface area contributed by atoms with Gasteiger partial charge in [0.15, 0.2) is 0 Å². The first-order chi connectivity index (χ1) is 12.2. The van der Waals surface area contributed by atoms with Gasteiger partial charge in [0, 0.05) is 16.7 Å². The second-order valence-electron chi connectivity index (χ2n) is 5.18. The number of aromatic nitrogens is 3. The lowest BCUT2D eigenvalue weighted by Crippen LogP contribution is -1.83. The monoisotopic (exact) mass is 389 g/mol. The molecule has 1 aromatic carbocycles. The van der Waals surface area contributed by atoms with Crippen molar-refractivity contribution in [3.8, 4) is 22.0 Å². The molecule has 0 saturated carbocycles. The van der Waals surface area contributed by atoms with Crippen LogP contribution < -0.4 is 0 Å². The van der Waals surface area contributed by atoms with Gasteiger partial charge in [-0.2, -0.15) is 0 Å². The second kappa shape index (κ2) is 7.03. The largest absolute Gasteiger partial charge is 0.469 e. The topological polar surface area (TPSA) is 65.0 Å². The Morgan fingerprint density at radius 1 is 1.16 bits per heavy atom. The van der Waals surface area contributed by atoms with Gasteiger partial charge in [-0.1, -0.05) is 41.6 Å². The highest BCUT2D eigenvalue weighted by Gasteiger charge is 2.14. The lowest BCUT2D eigenvalue weighted by Gasteiger charge is -1.98. The molecule has 3 aromatic heterocycles. The smallest absolute Gasteiger partial charge is 0.277 e. The van der Waals surface area contributed by atoms with Crippen LogP contribution in [-0.2, 0) is 5.75 Å². The average Bonchev–Trinajstić information content (AvgIpc) is 3.33. The van der Waals surface area contributed by atoms with Crippen LogP contribution in [-0.4, -0.2) is 15.2 Å². The molecular formula is C17H12ClN3O2S2. The van der Waals surface area contributed by atoms with E-state index >= 15 is 0 Å². The summed E-state index contributed by atoms with van der Waals surface area (Å²) in [5.41, 5.74) is 2.71. The van der Waals surface area contributed by atoms with Crippen LogP contribution in [0.5, 0.6) is 0 Å². The number of aryl methyl sites for hydroxylation is 1. The Balaban J connectivity index is 1.45. The average molecular weight is 390 g/mol. The van der Waals surface area contributed by atoms with E-state index in [9.17, 15) is 0 Å². The molecule has 4 rings (SSSR count). The fourth-order valence-corrected chi connectivity index (χ4v) is 4.15. The van der Waals surface area contributed by atoms with Crippen LogP contribution in [0.25, 0.3) is 22.0 Å². The van der Waals surface area contributed by atoms with Gasteiger partial charge in [-0.15, -0.1) is 21.5 Å². The Labute approximate surface area is 157 Å². The van der Waals surface area contributed by atoms with Crippen LogP contribution in [0.4, 0.5) is 0 Å². The molecule has 0 bridgehead atoms. The standard InChI is InChI=1S/C17H12ClN3O2S2/c1-10-12(6-7-22-10)15-20-21-17(23-15)25-9-11-8-24-16(19-11)13-4-2-3-5-14(13)18/h2-8H,9H2,1H3. The van der Waals surface area contributed by atoms with Crippen molar-refractivity contribution in [1.29, 1.82) is 0 Å². The molecule has 0 atom stereocenters. The summed E-state index contributed by atoms with van der Waals surface area (Å²) < 4.78 is 10.9. The highest BCUT2D eigenvalue weighted by Crippen LogP contribution is 2.32. The summed E-state index contributed by atoms with van der Waals surface area (Å²) in [5.74, 6) is 1.86. The molecule has 0 spiro atoms. The third kappa shape index (κ3) is 3.49. The summed E-state index contributed by atoms with van der Waals surface area (Å²) in [6.07, 6.45) is 1.60. The quantitative estimate of drug-likeness (QED) is 0.407. The Bertz CT molecular complexity index is 1010. The molecule has 0 saturated heterocycles. The number of furan rings is 1. The number of thioether (sulfide) groups is 1. The summed E-state index contributed by atoms with van der Waals surface area (Å²) in [6, 6.07) is 9.51. The highest BCUT2D eigenvalue weighted by molar-refractivity contribution is 7.98. The number of benzene rings is 1. The molecule has 8 heteroatoms. The van der Waals surface area contributed by atoms with Gasteiger partial charge >= 0.3 is 0 Å². The zero-order chi connectivity index (χ0) is 17.2. The predicted octanol–water partition coefficient (Wildman–Crippen LogP) is 5.71. The summed E-state index contributed by atoms with van der Waals surface area (Å²) in [7, 11) is 0. The van der Waals surface area contributed by atoms with Crippen LogP contribution in [0, 0.1) is 6.92 Å². The van der Waals surface area contributed by atoms with Gasteiger partial charge in [0.1, 0.15) is 10.8 Å². The van der Waals surface area contributed by atoms with E-state index in [-0.39, 0.29) is 0 Å². The molecule has 4 aromatic rings. The van der Waals surface area contributed by atoms with Crippen LogP contribution >= 0.6 is 34.7 Å². The van der Waals surface area contributed by atoms with E-state index in [0.717, 1.165) is 27.6 Å². The molecule has 3 heterocycles. The van der Waals surface area contributed by atoms with Gasteiger partial charge in [-0.05, 0) is 19.1 Å². The molecule has 0 fully saturated rings. The van der Waals surface area contributed by atoms with Crippen LogP contribution in [0.15, 0.2) is 56.0 Å². The van der Waals surface area contributed by atoms with E-state index < -0.39 is 0 Å². The maximum absolute atomic E-state index is 6.23. The van der Waals surface area contributed by atoms with E-state index in [4.69, 9.17) is 20.4 Å². The van der Waals surface area contributed by atoms with Crippen molar-refractivity contribution in [3.05, 3.63) is 58.5 Å². The number of nitrogens with zero attached hydrogens (tertiary/aromatic N) is 3. The molecular weight excluding hydrogens is 378 g/mol. The highest BCUT2D eigenvalue weighted by atomic mass is 35.5. The summed E-state index contributed by atoms with van der Waals surface area (Å²) in [4.78, 5) is 4.64. The van der Waals surface area contributed by atoms with Crippen LogP contribution in [0.3, 0.4) is 0 Å². The van der Waals surface area contributed by atoms with Crippen molar-refractivity contribution in [3.63, 3.8) is 0 Å². The number of halogens is 1. The van der Waals surface area contributed by atoms with Gasteiger partial charge in [-0.25, -0.2) is 4.98 Å². The first-order valence-electron chi connectivity index (χ1n) is 7.41. The first kappa shape index (κ1) is 16.4. The Morgan fingerprint density at radius 2 is 2.04 bits per heavy atom. The molecule has 25 heavy (non-hydrogen) atoms. The molecule has 0 aliphatic carbocycles. The number of hydrogen-bond acceptors (Lipinski definition) is 7. The van der Waals surface area contributed by atoms with Crippen molar-refractivity contribution in [2.45, 2.75) is 17.9 Å².